The number of nitrogens with one attached hydrogen (secondary N) is 1. The summed E-state index contributed by atoms with van der Waals surface area (Å²) in [5, 5.41) is 4.67. The maximum absolute atomic E-state index is 6.28. The molecule has 3 aromatic carbocycles. The molecule has 0 unspecified atom stereocenters. The number of hydrogen-bond donors (Lipinski definition) is 1. The van der Waals surface area contributed by atoms with Crippen LogP contribution in [0.15, 0.2) is 65.1 Å². The van der Waals surface area contributed by atoms with Crippen LogP contribution in [0.1, 0.15) is 16.7 Å². The van der Waals surface area contributed by atoms with Crippen LogP contribution in [-0.2, 0) is 19.6 Å². The van der Waals surface area contributed by atoms with Crippen LogP contribution < -0.4 is 14.8 Å². The zero-order valence-electron chi connectivity index (χ0n) is 16.1. The van der Waals surface area contributed by atoms with E-state index in [1.54, 1.807) is 19.2 Å². The van der Waals surface area contributed by atoms with Gasteiger partial charge in [0.05, 0.1) is 7.11 Å². The molecule has 0 fully saturated rings. The standard InChI is InChI=1S/C23H22BrCl2NO2/c1-28-22-10-9-20(24)19(14-27-12-11-16-5-3-2-4-6-16)23(22)29-15-17-7-8-18(25)13-21(17)26/h2-10,13,27H,11-12,14-15H2,1H3. The molecule has 0 radical (unpaired) electrons. The summed E-state index contributed by atoms with van der Waals surface area (Å²) in [4.78, 5) is 0. The fourth-order valence-corrected chi connectivity index (χ4v) is 3.86. The molecular weight excluding hydrogens is 473 g/mol. The number of benzene rings is 3. The Morgan fingerprint density at radius 2 is 1.79 bits per heavy atom. The largest absolute Gasteiger partial charge is 0.493 e. The quantitative estimate of drug-likeness (QED) is 0.336. The van der Waals surface area contributed by atoms with Crippen molar-refractivity contribution in [2.45, 2.75) is 19.6 Å². The molecule has 0 amide bonds. The molecule has 0 aliphatic heterocycles. The van der Waals surface area contributed by atoms with E-state index in [0.29, 0.717) is 34.7 Å². The van der Waals surface area contributed by atoms with Crippen LogP contribution in [0.3, 0.4) is 0 Å². The second-order valence-corrected chi connectivity index (χ2v) is 8.19. The van der Waals surface area contributed by atoms with E-state index in [0.717, 1.165) is 28.6 Å². The van der Waals surface area contributed by atoms with Crippen LogP contribution in [0.4, 0.5) is 0 Å². The van der Waals surface area contributed by atoms with Crippen molar-refractivity contribution in [2.24, 2.45) is 0 Å². The summed E-state index contributed by atoms with van der Waals surface area (Å²) in [6, 6.07) is 19.6. The fraction of sp³-hybridized carbons (Fsp3) is 0.217. The average molecular weight is 495 g/mol. The highest BCUT2D eigenvalue weighted by Crippen LogP contribution is 2.37. The van der Waals surface area contributed by atoms with Gasteiger partial charge in [-0.1, -0.05) is 75.5 Å². The highest BCUT2D eigenvalue weighted by atomic mass is 79.9. The Morgan fingerprint density at radius 1 is 1.00 bits per heavy atom. The van der Waals surface area contributed by atoms with Crippen molar-refractivity contribution in [3.05, 3.63) is 91.9 Å². The molecule has 1 N–H and O–H groups in total. The normalized spacial score (nSPS) is 10.8. The van der Waals surface area contributed by atoms with Gasteiger partial charge in [0.2, 0.25) is 0 Å². The summed E-state index contributed by atoms with van der Waals surface area (Å²) in [6.45, 7) is 1.82. The van der Waals surface area contributed by atoms with Gasteiger partial charge in [0, 0.05) is 32.2 Å². The van der Waals surface area contributed by atoms with Gasteiger partial charge in [-0.3, -0.25) is 0 Å². The van der Waals surface area contributed by atoms with Gasteiger partial charge in [0.1, 0.15) is 6.61 Å². The summed E-state index contributed by atoms with van der Waals surface area (Å²) < 4.78 is 12.6. The molecule has 0 aliphatic rings. The van der Waals surface area contributed by atoms with Crippen molar-refractivity contribution in [1.82, 2.24) is 5.32 Å². The maximum Gasteiger partial charge on any atom is 0.167 e. The molecule has 152 valence electrons. The minimum Gasteiger partial charge on any atom is -0.493 e. The molecule has 0 spiro atoms. The Morgan fingerprint density at radius 3 is 2.52 bits per heavy atom. The molecule has 3 rings (SSSR count). The lowest BCUT2D eigenvalue weighted by atomic mass is 10.1. The predicted octanol–water partition coefficient (Wildman–Crippen LogP) is 6.68. The Labute approximate surface area is 190 Å². The molecule has 0 aromatic heterocycles. The molecule has 3 aromatic rings. The fourth-order valence-electron chi connectivity index (χ4n) is 2.95. The Kier molecular flexibility index (Phi) is 8.25. The van der Waals surface area contributed by atoms with E-state index < -0.39 is 0 Å². The third-order valence-corrected chi connectivity index (χ3v) is 5.84. The van der Waals surface area contributed by atoms with Crippen LogP contribution in [0.5, 0.6) is 11.5 Å². The zero-order valence-corrected chi connectivity index (χ0v) is 19.2. The summed E-state index contributed by atoms with van der Waals surface area (Å²) in [5.41, 5.74) is 3.17. The second-order valence-electron chi connectivity index (χ2n) is 6.49. The molecule has 0 saturated heterocycles. The maximum atomic E-state index is 6.28. The first kappa shape index (κ1) is 22.0. The molecular formula is C23H22BrCl2NO2. The van der Waals surface area contributed by atoms with Crippen molar-refractivity contribution < 1.29 is 9.47 Å². The monoisotopic (exact) mass is 493 g/mol. The summed E-state index contributed by atoms with van der Waals surface area (Å²) in [6.07, 6.45) is 0.957. The van der Waals surface area contributed by atoms with Crippen LogP contribution in [0.25, 0.3) is 0 Å². The molecule has 0 bridgehead atoms. The first-order valence-electron chi connectivity index (χ1n) is 9.25. The Balaban J connectivity index is 1.70. The Hall–Kier alpha value is -1.72. The van der Waals surface area contributed by atoms with Crippen LogP contribution >= 0.6 is 39.1 Å². The lowest BCUT2D eigenvalue weighted by Crippen LogP contribution is -2.18. The third kappa shape index (κ3) is 6.13. The molecule has 0 atom stereocenters. The van der Waals surface area contributed by atoms with Crippen molar-refractivity contribution in [3.8, 4) is 11.5 Å². The molecule has 6 heteroatoms. The minimum absolute atomic E-state index is 0.319. The van der Waals surface area contributed by atoms with E-state index in [1.807, 2.05) is 24.3 Å². The highest BCUT2D eigenvalue weighted by Gasteiger charge is 2.15. The van der Waals surface area contributed by atoms with Crippen molar-refractivity contribution in [1.29, 1.82) is 0 Å². The van der Waals surface area contributed by atoms with Gasteiger partial charge in [0.15, 0.2) is 11.5 Å². The van der Waals surface area contributed by atoms with Gasteiger partial charge < -0.3 is 14.8 Å². The van der Waals surface area contributed by atoms with E-state index in [2.05, 4.69) is 45.5 Å². The van der Waals surface area contributed by atoms with Gasteiger partial charge in [-0.2, -0.15) is 0 Å². The van der Waals surface area contributed by atoms with E-state index in [9.17, 15) is 0 Å². The summed E-state index contributed by atoms with van der Waals surface area (Å²) in [5.74, 6) is 1.37. The molecule has 0 heterocycles. The summed E-state index contributed by atoms with van der Waals surface area (Å²) >= 11 is 15.9. The van der Waals surface area contributed by atoms with E-state index in [4.69, 9.17) is 32.7 Å². The third-order valence-electron chi connectivity index (χ3n) is 4.51. The Bertz CT molecular complexity index is 951. The van der Waals surface area contributed by atoms with Crippen LogP contribution in [0, 0.1) is 0 Å². The van der Waals surface area contributed by atoms with Gasteiger partial charge in [0.25, 0.3) is 0 Å². The van der Waals surface area contributed by atoms with Crippen molar-refractivity contribution in [3.63, 3.8) is 0 Å². The molecule has 0 saturated carbocycles. The van der Waals surface area contributed by atoms with E-state index in [-0.39, 0.29) is 0 Å². The van der Waals surface area contributed by atoms with Gasteiger partial charge in [-0.25, -0.2) is 0 Å². The van der Waals surface area contributed by atoms with Gasteiger partial charge >= 0.3 is 0 Å². The number of rotatable bonds is 9. The van der Waals surface area contributed by atoms with Crippen LogP contribution in [-0.4, -0.2) is 13.7 Å². The van der Waals surface area contributed by atoms with Gasteiger partial charge in [-0.15, -0.1) is 0 Å². The number of methoxy groups -OCH3 is 1. The predicted molar refractivity (Wildman–Crippen MR) is 123 cm³/mol. The first-order chi connectivity index (χ1) is 14.1. The molecule has 0 aliphatic carbocycles. The lowest BCUT2D eigenvalue weighted by Gasteiger charge is -2.18. The molecule has 29 heavy (non-hydrogen) atoms. The topological polar surface area (TPSA) is 30.5 Å². The number of hydrogen-bond acceptors (Lipinski definition) is 3. The first-order valence-corrected chi connectivity index (χ1v) is 10.8. The number of ether oxygens (including phenoxy) is 2. The summed E-state index contributed by atoms with van der Waals surface area (Å²) in [7, 11) is 1.64. The van der Waals surface area contributed by atoms with E-state index >= 15 is 0 Å². The van der Waals surface area contributed by atoms with E-state index in [1.165, 1.54) is 5.56 Å². The minimum atomic E-state index is 0.319. The van der Waals surface area contributed by atoms with Gasteiger partial charge in [-0.05, 0) is 42.8 Å². The average Bonchev–Trinajstić information content (AvgIpc) is 2.72. The number of halogens is 3. The molecule has 3 nitrogen and oxygen atoms in total. The lowest BCUT2D eigenvalue weighted by molar-refractivity contribution is 0.280. The SMILES string of the molecule is COc1ccc(Br)c(CNCCc2ccccc2)c1OCc1ccc(Cl)cc1Cl. The zero-order chi connectivity index (χ0) is 20.6. The van der Waals surface area contributed by atoms with Crippen LogP contribution in [0.2, 0.25) is 10.0 Å². The van der Waals surface area contributed by atoms with Crippen molar-refractivity contribution in [2.75, 3.05) is 13.7 Å². The highest BCUT2D eigenvalue weighted by molar-refractivity contribution is 9.10. The van der Waals surface area contributed by atoms with Crippen molar-refractivity contribution >= 4 is 39.1 Å². The smallest absolute Gasteiger partial charge is 0.167 e. The second kappa shape index (κ2) is 10.9.